The van der Waals surface area contributed by atoms with E-state index in [1.165, 1.54) is 6.07 Å². The minimum atomic E-state index is -0.303. The number of nitrogens with zero attached hydrogens (tertiary/aromatic N) is 1. The first-order valence-corrected chi connectivity index (χ1v) is 5.83. The second-order valence-electron chi connectivity index (χ2n) is 4.12. The molecule has 1 aromatic heterocycles. The van der Waals surface area contributed by atoms with Gasteiger partial charge < -0.3 is 15.5 Å². The fraction of sp³-hybridized carbons (Fsp3) is 0.308. The first-order chi connectivity index (χ1) is 8.60. The van der Waals surface area contributed by atoms with E-state index in [0.29, 0.717) is 29.4 Å². The maximum Gasteiger partial charge on any atom is 0.213 e. The second-order valence-corrected chi connectivity index (χ2v) is 4.12. The van der Waals surface area contributed by atoms with Crippen LogP contribution in [-0.4, -0.2) is 4.98 Å². The van der Waals surface area contributed by atoms with Gasteiger partial charge in [0.1, 0.15) is 11.6 Å². The highest BCUT2D eigenvalue weighted by Gasteiger charge is 2.06. The van der Waals surface area contributed by atoms with Gasteiger partial charge in [0.05, 0.1) is 24.1 Å². The van der Waals surface area contributed by atoms with Crippen LogP contribution in [0.3, 0.4) is 0 Å². The number of hydrogen-bond acceptors (Lipinski definition) is 4. The summed E-state index contributed by atoms with van der Waals surface area (Å²) < 4.78 is 18.7. The van der Waals surface area contributed by atoms with Gasteiger partial charge in [-0.15, -0.1) is 0 Å². The molecule has 0 unspecified atom stereocenters. The number of aromatic nitrogens is 1. The molecule has 0 radical (unpaired) electrons. The standard InChI is InChI=1S/C13H16FN3O/c1-3-9-6-17-13(18-9)7-16-12-4-8(2)10(14)5-11(12)15/h4-6,16H,3,7,15H2,1-2H3. The molecule has 0 bridgehead atoms. The number of rotatable bonds is 4. The summed E-state index contributed by atoms with van der Waals surface area (Å²) in [5, 5.41) is 3.09. The maximum atomic E-state index is 13.2. The van der Waals surface area contributed by atoms with Crippen LogP contribution in [-0.2, 0) is 13.0 Å². The lowest BCUT2D eigenvalue weighted by atomic mass is 10.2. The van der Waals surface area contributed by atoms with Gasteiger partial charge in [0.2, 0.25) is 5.89 Å². The summed E-state index contributed by atoms with van der Waals surface area (Å²) in [6.45, 7) is 4.12. The molecule has 0 amide bonds. The van der Waals surface area contributed by atoms with E-state index in [4.69, 9.17) is 10.2 Å². The van der Waals surface area contributed by atoms with Crippen molar-refractivity contribution < 1.29 is 8.81 Å². The number of aryl methyl sites for hydroxylation is 2. The Balaban J connectivity index is 2.08. The molecule has 1 heterocycles. The molecular weight excluding hydrogens is 233 g/mol. The summed E-state index contributed by atoms with van der Waals surface area (Å²) in [6, 6.07) is 2.99. The molecule has 0 aliphatic heterocycles. The summed E-state index contributed by atoms with van der Waals surface area (Å²) >= 11 is 0. The van der Waals surface area contributed by atoms with E-state index in [-0.39, 0.29) is 5.82 Å². The predicted molar refractivity (Wildman–Crippen MR) is 68.8 cm³/mol. The summed E-state index contributed by atoms with van der Waals surface area (Å²) in [6.07, 6.45) is 2.51. The zero-order valence-corrected chi connectivity index (χ0v) is 10.5. The number of nitrogens with two attached hydrogens (primary N) is 1. The molecule has 5 heteroatoms. The minimum absolute atomic E-state index is 0.303. The molecule has 0 saturated heterocycles. The summed E-state index contributed by atoms with van der Waals surface area (Å²) in [4.78, 5) is 4.13. The number of nitrogen functional groups attached to an aromatic ring is 1. The summed E-state index contributed by atoms with van der Waals surface area (Å²) in [7, 11) is 0. The molecule has 0 spiro atoms. The molecule has 1 aromatic carbocycles. The van der Waals surface area contributed by atoms with Crippen molar-refractivity contribution in [1.82, 2.24) is 4.98 Å². The van der Waals surface area contributed by atoms with Crippen molar-refractivity contribution in [3.8, 4) is 0 Å². The first-order valence-electron chi connectivity index (χ1n) is 5.83. The molecule has 18 heavy (non-hydrogen) atoms. The Morgan fingerprint density at radius 3 is 2.89 bits per heavy atom. The number of nitrogens with one attached hydrogen (secondary N) is 1. The van der Waals surface area contributed by atoms with Crippen molar-refractivity contribution in [2.45, 2.75) is 26.8 Å². The van der Waals surface area contributed by atoms with Crippen molar-refractivity contribution in [2.24, 2.45) is 0 Å². The Kier molecular flexibility index (Phi) is 3.50. The molecule has 0 fully saturated rings. The van der Waals surface area contributed by atoms with Gasteiger partial charge in [-0.3, -0.25) is 0 Å². The van der Waals surface area contributed by atoms with Crippen LogP contribution in [0.15, 0.2) is 22.7 Å². The van der Waals surface area contributed by atoms with Gasteiger partial charge in [-0.25, -0.2) is 9.37 Å². The van der Waals surface area contributed by atoms with Gasteiger partial charge in [0, 0.05) is 6.42 Å². The van der Waals surface area contributed by atoms with Crippen LogP contribution < -0.4 is 11.1 Å². The summed E-state index contributed by atoms with van der Waals surface area (Å²) in [5.41, 5.74) is 7.34. The van der Waals surface area contributed by atoms with Gasteiger partial charge in [0.25, 0.3) is 0 Å². The van der Waals surface area contributed by atoms with Crippen molar-refractivity contribution >= 4 is 11.4 Å². The maximum absolute atomic E-state index is 13.2. The summed E-state index contributed by atoms with van der Waals surface area (Å²) in [5.74, 6) is 1.13. The predicted octanol–water partition coefficient (Wildman–Crippen LogP) is 2.88. The molecule has 2 aromatic rings. The van der Waals surface area contributed by atoms with Crippen LogP contribution in [0.5, 0.6) is 0 Å². The Hall–Kier alpha value is -2.04. The van der Waals surface area contributed by atoms with Gasteiger partial charge in [-0.1, -0.05) is 6.92 Å². The Morgan fingerprint density at radius 2 is 2.22 bits per heavy atom. The van der Waals surface area contributed by atoms with Crippen LogP contribution in [0.4, 0.5) is 15.8 Å². The molecule has 96 valence electrons. The van der Waals surface area contributed by atoms with E-state index in [9.17, 15) is 4.39 Å². The lowest BCUT2D eigenvalue weighted by molar-refractivity contribution is 0.466. The fourth-order valence-corrected chi connectivity index (χ4v) is 1.61. The highest BCUT2D eigenvalue weighted by atomic mass is 19.1. The van der Waals surface area contributed by atoms with Crippen LogP contribution in [0.2, 0.25) is 0 Å². The van der Waals surface area contributed by atoms with Crippen LogP contribution in [0.25, 0.3) is 0 Å². The van der Waals surface area contributed by atoms with Crippen molar-refractivity contribution in [1.29, 1.82) is 0 Å². The number of oxazole rings is 1. The van der Waals surface area contributed by atoms with Crippen molar-refractivity contribution in [3.63, 3.8) is 0 Å². The second kappa shape index (κ2) is 5.08. The van der Waals surface area contributed by atoms with Crippen molar-refractivity contribution in [3.05, 3.63) is 41.4 Å². The van der Waals surface area contributed by atoms with Gasteiger partial charge in [-0.05, 0) is 24.6 Å². The highest BCUT2D eigenvalue weighted by molar-refractivity contribution is 5.67. The van der Waals surface area contributed by atoms with Crippen LogP contribution >= 0.6 is 0 Å². The number of hydrogen-bond donors (Lipinski definition) is 2. The largest absolute Gasteiger partial charge is 0.444 e. The molecule has 0 aliphatic carbocycles. The Bertz CT molecular complexity index is 551. The zero-order chi connectivity index (χ0) is 13.1. The molecular formula is C13H16FN3O. The quantitative estimate of drug-likeness (QED) is 0.818. The van der Waals surface area contributed by atoms with Gasteiger partial charge in [-0.2, -0.15) is 0 Å². The van der Waals surface area contributed by atoms with Gasteiger partial charge >= 0.3 is 0 Å². The van der Waals surface area contributed by atoms with E-state index < -0.39 is 0 Å². The third-order valence-electron chi connectivity index (χ3n) is 2.71. The highest BCUT2D eigenvalue weighted by Crippen LogP contribution is 2.23. The fourth-order valence-electron chi connectivity index (χ4n) is 1.61. The molecule has 0 atom stereocenters. The average Bonchev–Trinajstić information content (AvgIpc) is 2.80. The minimum Gasteiger partial charge on any atom is -0.444 e. The molecule has 4 nitrogen and oxygen atoms in total. The van der Waals surface area contributed by atoms with Crippen LogP contribution in [0, 0.1) is 12.7 Å². The number of anilines is 2. The SMILES string of the molecule is CCc1cnc(CNc2cc(C)c(F)cc2N)o1. The average molecular weight is 249 g/mol. The number of benzene rings is 1. The monoisotopic (exact) mass is 249 g/mol. The van der Waals surface area contributed by atoms with E-state index in [1.807, 2.05) is 6.92 Å². The normalized spacial score (nSPS) is 10.6. The first kappa shape index (κ1) is 12.4. The molecule has 3 N–H and O–H groups in total. The lowest BCUT2D eigenvalue weighted by Crippen LogP contribution is -2.04. The smallest absolute Gasteiger partial charge is 0.213 e. The van der Waals surface area contributed by atoms with Gasteiger partial charge in [0.15, 0.2) is 0 Å². The zero-order valence-electron chi connectivity index (χ0n) is 10.5. The van der Waals surface area contributed by atoms with E-state index >= 15 is 0 Å². The van der Waals surface area contributed by atoms with E-state index in [1.54, 1.807) is 19.2 Å². The Morgan fingerprint density at radius 1 is 1.44 bits per heavy atom. The third kappa shape index (κ3) is 2.61. The molecule has 0 saturated carbocycles. The Labute approximate surface area is 105 Å². The molecule has 0 aliphatic rings. The van der Waals surface area contributed by atoms with Crippen molar-refractivity contribution in [2.75, 3.05) is 11.1 Å². The number of halogens is 1. The molecule has 2 rings (SSSR count). The van der Waals surface area contributed by atoms with Crippen LogP contribution in [0.1, 0.15) is 24.1 Å². The topological polar surface area (TPSA) is 64.1 Å². The third-order valence-corrected chi connectivity index (χ3v) is 2.71. The van der Waals surface area contributed by atoms with E-state index in [0.717, 1.165) is 12.2 Å². The lowest BCUT2D eigenvalue weighted by Gasteiger charge is -2.09. The van der Waals surface area contributed by atoms with E-state index in [2.05, 4.69) is 10.3 Å².